The van der Waals surface area contributed by atoms with E-state index in [1.165, 1.54) is 22.3 Å². The zero-order valence-electron chi connectivity index (χ0n) is 15.3. The summed E-state index contributed by atoms with van der Waals surface area (Å²) in [4.78, 5) is 0. The maximum absolute atomic E-state index is 5.86. The van der Waals surface area contributed by atoms with E-state index in [0.29, 0.717) is 6.61 Å². The molecule has 0 saturated heterocycles. The Bertz CT molecular complexity index is 715. The fourth-order valence-corrected chi connectivity index (χ4v) is 2.49. The summed E-state index contributed by atoms with van der Waals surface area (Å²) in [5.41, 5.74) is 4.83. The van der Waals surface area contributed by atoms with Crippen LogP contribution in [0.5, 0.6) is 5.75 Å². The fraction of sp³-hybridized carbons (Fsp3) is 0.167. The zero-order chi connectivity index (χ0) is 17.9. The van der Waals surface area contributed by atoms with Gasteiger partial charge in [-0.2, -0.15) is 0 Å². The molecule has 3 rings (SSSR count). The zero-order valence-corrected chi connectivity index (χ0v) is 15.3. The molecule has 25 heavy (non-hydrogen) atoms. The molecular weight excluding hydrogens is 304 g/mol. The molecule has 0 aliphatic heterocycles. The van der Waals surface area contributed by atoms with Crippen molar-refractivity contribution in [3.8, 4) is 5.75 Å². The smallest absolute Gasteiger partial charge is 0.119 e. The van der Waals surface area contributed by atoms with E-state index < -0.39 is 0 Å². The highest BCUT2D eigenvalue weighted by molar-refractivity contribution is 5.79. The first-order valence-corrected chi connectivity index (χ1v) is 8.83. The van der Waals surface area contributed by atoms with E-state index in [1.54, 1.807) is 0 Å². The SMILES string of the molecule is CC.Cc1ccc(OCC=C(c2ccccc2)c2ccccc2)cc1. The molecule has 0 saturated carbocycles. The van der Waals surface area contributed by atoms with Crippen molar-refractivity contribution in [2.75, 3.05) is 6.61 Å². The third-order valence-corrected chi connectivity index (χ3v) is 3.73. The van der Waals surface area contributed by atoms with Crippen LogP contribution in [0.1, 0.15) is 30.5 Å². The maximum Gasteiger partial charge on any atom is 0.119 e. The van der Waals surface area contributed by atoms with Crippen LogP contribution in [0.2, 0.25) is 0 Å². The van der Waals surface area contributed by atoms with E-state index in [0.717, 1.165) is 5.75 Å². The van der Waals surface area contributed by atoms with E-state index in [2.05, 4.69) is 73.7 Å². The summed E-state index contributed by atoms with van der Waals surface area (Å²) in [6.07, 6.45) is 2.14. The lowest BCUT2D eigenvalue weighted by Crippen LogP contribution is -1.96. The summed E-state index contributed by atoms with van der Waals surface area (Å²) in [5, 5.41) is 0. The first kappa shape index (κ1) is 18.5. The number of ether oxygens (including phenoxy) is 1. The van der Waals surface area contributed by atoms with Gasteiger partial charge in [0.1, 0.15) is 12.4 Å². The third-order valence-electron chi connectivity index (χ3n) is 3.73. The molecule has 0 aromatic heterocycles. The first-order chi connectivity index (χ1) is 12.3. The van der Waals surface area contributed by atoms with Crippen LogP contribution in [0.15, 0.2) is 91.0 Å². The Hall–Kier alpha value is -2.80. The number of aryl methyl sites for hydroxylation is 1. The summed E-state index contributed by atoms with van der Waals surface area (Å²) < 4.78 is 5.86. The van der Waals surface area contributed by atoms with Gasteiger partial charge in [-0.15, -0.1) is 0 Å². The van der Waals surface area contributed by atoms with Gasteiger partial charge in [-0.05, 0) is 41.8 Å². The number of hydrogen-bond donors (Lipinski definition) is 0. The molecule has 0 aliphatic carbocycles. The largest absolute Gasteiger partial charge is 0.490 e. The third kappa shape index (κ3) is 5.65. The molecule has 0 unspecified atom stereocenters. The summed E-state index contributed by atoms with van der Waals surface area (Å²) >= 11 is 0. The quantitative estimate of drug-likeness (QED) is 0.516. The molecular formula is C24H26O. The molecule has 0 fully saturated rings. The monoisotopic (exact) mass is 330 g/mol. The van der Waals surface area contributed by atoms with Gasteiger partial charge >= 0.3 is 0 Å². The highest BCUT2D eigenvalue weighted by Crippen LogP contribution is 2.23. The molecule has 128 valence electrons. The Morgan fingerprint density at radius 2 is 1.20 bits per heavy atom. The van der Waals surface area contributed by atoms with Gasteiger partial charge in [0.25, 0.3) is 0 Å². The molecule has 0 heterocycles. The molecule has 0 bridgehead atoms. The Balaban J connectivity index is 0.00000109. The molecule has 0 radical (unpaired) electrons. The van der Waals surface area contributed by atoms with Crippen LogP contribution in [-0.4, -0.2) is 6.61 Å². The van der Waals surface area contributed by atoms with Crippen molar-refractivity contribution in [2.24, 2.45) is 0 Å². The molecule has 0 spiro atoms. The lowest BCUT2D eigenvalue weighted by Gasteiger charge is -2.10. The number of rotatable bonds is 5. The van der Waals surface area contributed by atoms with Crippen LogP contribution < -0.4 is 4.74 Å². The minimum atomic E-state index is 0.544. The maximum atomic E-state index is 5.86. The molecule has 3 aromatic rings. The van der Waals surface area contributed by atoms with Gasteiger partial charge < -0.3 is 4.74 Å². The number of benzene rings is 3. The van der Waals surface area contributed by atoms with Crippen LogP contribution in [0.4, 0.5) is 0 Å². The predicted octanol–water partition coefficient (Wildman–Crippen LogP) is 6.53. The van der Waals surface area contributed by atoms with Crippen LogP contribution in [-0.2, 0) is 0 Å². The second kappa shape index (κ2) is 10.1. The van der Waals surface area contributed by atoms with E-state index in [1.807, 2.05) is 38.1 Å². The lowest BCUT2D eigenvalue weighted by molar-refractivity contribution is 0.363. The molecule has 1 heteroatoms. The van der Waals surface area contributed by atoms with E-state index in [4.69, 9.17) is 4.74 Å². The van der Waals surface area contributed by atoms with Gasteiger partial charge in [0.15, 0.2) is 0 Å². The van der Waals surface area contributed by atoms with Gasteiger partial charge in [-0.1, -0.05) is 92.2 Å². The fourth-order valence-electron chi connectivity index (χ4n) is 2.49. The molecule has 0 aliphatic rings. The highest BCUT2D eigenvalue weighted by Gasteiger charge is 2.04. The summed E-state index contributed by atoms with van der Waals surface area (Å²) in [7, 11) is 0. The van der Waals surface area contributed by atoms with E-state index in [-0.39, 0.29) is 0 Å². The van der Waals surface area contributed by atoms with E-state index >= 15 is 0 Å². The summed E-state index contributed by atoms with van der Waals surface area (Å²) in [5.74, 6) is 0.896. The number of hydrogen-bond acceptors (Lipinski definition) is 1. The summed E-state index contributed by atoms with van der Waals surface area (Å²) in [6, 6.07) is 29.0. The Morgan fingerprint density at radius 1 is 0.720 bits per heavy atom. The van der Waals surface area contributed by atoms with Crippen molar-refractivity contribution >= 4 is 5.57 Å². The van der Waals surface area contributed by atoms with Crippen molar-refractivity contribution < 1.29 is 4.74 Å². The standard InChI is InChI=1S/C22H20O.C2H6/c1-18-12-14-21(15-13-18)23-17-16-22(19-8-4-2-5-9-19)20-10-6-3-7-11-20;1-2/h2-16H,17H2,1H3;1-2H3. The Kier molecular flexibility index (Phi) is 7.52. The first-order valence-electron chi connectivity index (χ1n) is 8.83. The van der Waals surface area contributed by atoms with Crippen molar-refractivity contribution in [3.05, 3.63) is 108 Å². The van der Waals surface area contributed by atoms with Crippen LogP contribution in [0.25, 0.3) is 5.57 Å². The van der Waals surface area contributed by atoms with Gasteiger partial charge in [0.05, 0.1) is 0 Å². The van der Waals surface area contributed by atoms with Crippen LogP contribution in [0.3, 0.4) is 0 Å². The molecule has 3 aromatic carbocycles. The van der Waals surface area contributed by atoms with Crippen molar-refractivity contribution in [1.29, 1.82) is 0 Å². The average Bonchev–Trinajstić information content (AvgIpc) is 2.70. The minimum absolute atomic E-state index is 0.544. The second-order valence-electron chi connectivity index (χ2n) is 5.47. The van der Waals surface area contributed by atoms with Crippen molar-refractivity contribution in [3.63, 3.8) is 0 Å². The van der Waals surface area contributed by atoms with Crippen LogP contribution >= 0.6 is 0 Å². The molecule has 0 N–H and O–H groups in total. The molecule has 1 nitrogen and oxygen atoms in total. The summed E-state index contributed by atoms with van der Waals surface area (Å²) in [6.45, 7) is 6.62. The lowest BCUT2D eigenvalue weighted by atomic mass is 9.98. The van der Waals surface area contributed by atoms with Crippen molar-refractivity contribution in [1.82, 2.24) is 0 Å². The predicted molar refractivity (Wildman–Crippen MR) is 108 cm³/mol. The molecule has 0 amide bonds. The topological polar surface area (TPSA) is 9.23 Å². The van der Waals surface area contributed by atoms with Gasteiger partial charge in [-0.3, -0.25) is 0 Å². The Labute approximate surface area is 151 Å². The van der Waals surface area contributed by atoms with Crippen molar-refractivity contribution in [2.45, 2.75) is 20.8 Å². The average molecular weight is 330 g/mol. The Morgan fingerprint density at radius 3 is 1.68 bits per heavy atom. The minimum Gasteiger partial charge on any atom is -0.490 e. The van der Waals surface area contributed by atoms with Gasteiger partial charge in [-0.25, -0.2) is 0 Å². The van der Waals surface area contributed by atoms with Gasteiger partial charge in [0.2, 0.25) is 0 Å². The van der Waals surface area contributed by atoms with E-state index in [9.17, 15) is 0 Å². The normalized spacial score (nSPS) is 9.56. The highest BCUT2D eigenvalue weighted by atomic mass is 16.5. The van der Waals surface area contributed by atoms with Gasteiger partial charge in [0, 0.05) is 0 Å². The second-order valence-corrected chi connectivity index (χ2v) is 5.47. The molecule has 0 atom stereocenters. The van der Waals surface area contributed by atoms with Crippen LogP contribution in [0, 0.1) is 6.92 Å².